The Labute approximate surface area is 130 Å². The number of ketones is 1. The van der Waals surface area contributed by atoms with Gasteiger partial charge in [0.15, 0.2) is 5.78 Å². The Morgan fingerprint density at radius 2 is 2.14 bits per heavy atom. The van der Waals surface area contributed by atoms with Crippen LogP contribution in [0.15, 0.2) is 12.4 Å². The lowest BCUT2D eigenvalue weighted by Gasteiger charge is -2.24. The van der Waals surface area contributed by atoms with Gasteiger partial charge in [0, 0.05) is 38.2 Å². The lowest BCUT2D eigenvalue weighted by molar-refractivity contribution is -0.133. The smallest absolute Gasteiger partial charge is 0.226 e. The maximum absolute atomic E-state index is 12.7. The normalized spacial score (nSPS) is 30.6. The third-order valence-electron chi connectivity index (χ3n) is 5.49. The second kappa shape index (κ2) is 5.21. The van der Waals surface area contributed by atoms with E-state index in [0.29, 0.717) is 23.8 Å². The molecule has 2 heterocycles. The van der Waals surface area contributed by atoms with Gasteiger partial charge in [-0.3, -0.25) is 14.3 Å². The van der Waals surface area contributed by atoms with E-state index in [1.807, 2.05) is 11.9 Å². The molecule has 0 radical (unpaired) electrons. The maximum atomic E-state index is 12.7. The van der Waals surface area contributed by atoms with E-state index in [1.54, 1.807) is 17.1 Å². The molecule has 1 amide bonds. The molecule has 5 nitrogen and oxygen atoms in total. The Morgan fingerprint density at radius 1 is 1.32 bits per heavy atom. The van der Waals surface area contributed by atoms with E-state index >= 15 is 0 Å². The highest BCUT2D eigenvalue weighted by molar-refractivity contribution is 5.96. The molecule has 3 aliphatic rings. The van der Waals surface area contributed by atoms with Crippen molar-refractivity contribution in [3.63, 3.8) is 0 Å². The van der Waals surface area contributed by atoms with Gasteiger partial charge in [-0.2, -0.15) is 5.10 Å². The number of aryl methyl sites for hydroxylation is 1. The fourth-order valence-electron chi connectivity index (χ4n) is 3.99. The summed E-state index contributed by atoms with van der Waals surface area (Å²) in [5.41, 5.74) is 0.657. The van der Waals surface area contributed by atoms with Crippen LogP contribution in [0.2, 0.25) is 0 Å². The van der Waals surface area contributed by atoms with E-state index in [4.69, 9.17) is 0 Å². The van der Waals surface area contributed by atoms with Crippen LogP contribution >= 0.6 is 0 Å². The summed E-state index contributed by atoms with van der Waals surface area (Å²) in [5.74, 6) is 2.17. The number of carbonyl (C=O) groups excluding carboxylic acids is 2. The predicted molar refractivity (Wildman–Crippen MR) is 81.2 cm³/mol. The number of likely N-dealkylation sites (tertiary alicyclic amines) is 1. The minimum atomic E-state index is 0.0978. The Bertz CT molecular complexity index is 605. The van der Waals surface area contributed by atoms with E-state index in [0.717, 1.165) is 31.7 Å². The minimum absolute atomic E-state index is 0.0978. The van der Waals surface area contributed by atoms with Crippen molar-refractivity contribution in [1.29, 1.82) is 0 Å². The average molecular weight is 301 g/mol. The topological polar surface area (TPSA) is 55.2 Å². The zero-order chi connectivity index (χ0) is 15.3. The van der Waals surface area contributed by atoms with Crippen molar-refractivity contribution in [2.75, 3.05) is 6.54 Å². The molecule has 1 aromatic rings. The molecule has 3 fully saturated rings. The highest BCUT2D eigenvalue weighted by Gasteiger charge is 2.53. The van der Waals surface area contributed by atoms with Crippen LogP contribution in [-0.2, 0) is 11.8 Å². The average Bonchev–Trinajstić information content (AvgIpc) is 3.38. The number of hydrogen-bond acceptors (Lipinski definition) is 3. The van der Waals surface area contributed by atoms with Gasteiger partial charge in [0.1, 0.15) is 0 Å². The van der Waals surface area contributed by atoms with Crippen LogP contribution in [0.5, 0.6) is 0 Å². The van der Waals surface area contributed by atoms with Gasteiger partial charge in [0.2, 0.25) is 5.91 Å². The van der Waals surface area contributed by atoms with E-state index < -0.39 is 0 Å². The standard InChI is InChI=1S/C17H23N3O2/c1-19-10-12(9-18-19)16(21)7-13-3-2-6-20(13)17(22)15-8-14(15)11-4-5-11/h9-11,13-15H,2-8H2,1H3/t13-,14-,15+/m0/s1. The second-order valence-corrected chi connectivity index (χ2v) is 7.20. The first-order valence-corrected chi connectivity index (χ1v) is 8.46. The largest absolute Gasteiger partial charge is 0.339 e. The van der Waals surface area contributed by atoms with Crippen molar-refractivity contribution >= 4 is 11.7 Å². The zero-order valence-electron chi connectivity index (χ0n) is 13.1. The molecule has 2 saturated carbocycles. The molecule has 1 aliphatic heterocycles. The molecule has 0 aromatic carbocycles. The van der Waals surface area contributed by atoms with E-state index in [1.165, 1.54) is 12.8 Å². The summed E-state index contributed by atoms with van der Waals surface area (Å²) < 4.78 is 1.65. The highest BCUT2D eigenvalue weighted by atomic mass is 16.2. The van der Waals surface area contributed by atoms with Crippen LogP contribution in [0.4, 0.5) is 0 Å². The second-order valence-electron chi connectivity index (χ2n) is 7.20. The Balaban J connectivity index is 1.38. The summed E-state index contributed by atoms with van der Waals surface area (Å²) in [6.45, 7) is 0.831. The third kappa shape index (κ3) is 2.57. The number of nitrogens with zero attached hydrogens (tertiary/aromatic N) is 3. The Kier molecular flexibility index (Phi) is 3.31. The summed E-state index contributed by atoms with van der Waals surface area (Å²) in [6, 6.07) is 0.0978. The Hall–Kier alpha value is -1.65. The summed E-state index contributed by atoms with van der Waals surface area (Å²) in [5, 5.41) is 4.06. The van der Waals surface area contributed by atoms with Crippen molar-refractivity contribution in [2.24, 2.45) is 24.8 Å². The zero-order valence-corrected chi connectivity index (χ0v) is 13.1. The van der Waals surface area contributed by atoms with Crippen LogP contribution in [0.25, 0.3) is 0 Å². The fourth-order valence-corrected chi connectivity index (χ4v) is 3.99. The Morgan fingerprint density at radius 3 is 2.82 bits per heavy atom. The minimum Gasteiger partial charge on any atom is -0.339 e. The van der Waals surface area contributed by atoms with Gasteiger partial charge >= 0.3 is 0 Å². The first-order valence-electron chi connectivity index (χ1n) is 8.46. The third-order valence-corrected chi connectivity index (χ3v) is 5.49. The molecule has 1 aromatic heterocycles. The van der Waals surface area contributed by atoms with Crippen molar-refractivity contribution in [3.05, 3.63) is 18.0 Å². The quantitative estimate of drug-likeness (QED) is 0.782. The van der Waals surface area contributed by atoms with Gasteiger partial charge in [-0.25, -0.2) is 0 Å². The fraction of sp³-hybridized carbons (Fsp3) is 0.706. The number of hydrogen-bond donors (Lipinski definition) is 0. The SMILES string of the molecule is Cn1cc(C(=O)C[C@@H]2CCCN2C(=O)[C@@H]2C[C@H]2C2CC2)cn1. The van der Waals surface area contributed by atoms with Crippen LogP contribution in [0, 0.1) is 17.8 Å². The van der Waals surface area contributed by atoms with Gasteiger partial charge < -0.3 is 4.90 Å². The van der Waals surface area contributed by atoms with Crippen molar-refractivity contribution in [3.8, 4) is 0 Å². The molecule has 1 saturated heterocycles. The maximum Gasteiger partial charge on any atom is 0.226 e. The molecule has 2 aliphatic carbocycles. The summed E-state index contributed by atoms with van der Waals surface area (Å²) >= 11 is 0. The summed E-state index contributed by atoms with van der Waals surface area (Å²) in [4.78, 5) is 27.0. The van der Waals surface area contributed by atoms with Crippen LogP contribution in [0.1, 0.15) is 48.9 Å². The first kappa shape index (κ1) is 14.0. The lowest BCUT2D eigenvalue weighted by atomic mass is 10.0. The molecule has 3 atom stereocenters. The van der Waals surface area contributed by atoms with Crippen molar-refractivity contribution in [2.45, 2.75) is 44.6 Å². The van der Waals surface area contributed by atoms with Crippen LogP contribution < -0.4 is 0 Å². The highest BCUT2D eigenvalue weighted by Crippen LogP contribution is 2.55. The van der Waals surface area contributed by atoms with E-state index in [2.05, 4.69) is 5.10 Å². The number of rotatable bonds is 5. The molecule has 0 spiro atoms. The van der Waals surface area contributed by atoms with Crippen molar-refractivity contribution in [1.82, 2.24) is 14.7 Å². The molecule has 0 bridgehead atoms. The first-order chi connectivity index (χ1) is 10.6. The van der Waals surface area contributed by atoms with E-state index in [-0.39, 0.29) is 17.7 Å². The molecule has 0 unspecified atom stereocenters. The number of aromatic nitrogens is 2. The molecule has 4 rings (SSSR count). The molecule has 0 N–H and O–H groups in total. The molecule has 118 valence electrons. The van der Waals surface area contributed by atoms with Gasteiger partial charge in [-0.1, -0.05) is 0 Å². The van der Waals surface area contributed by atoms with Gasteiger partial charge in [-0.15, -0.1) is 0 Å². The lowest BCUT2D eigenvalue weighted by Crippen LogP contribution is -2.38. The molecular formula is C17H23N3O2. The van der Waals surface area contributed by atoms with Crippen LogP contribution in [0.3, 0.4) is 0 Å². The summed E-state index contributed by atoms with van der Waals surface area (Å²) in [6.07, 6.45) is 9.52. The number of amides is 1. The van der Waals surface area contributed by atoms with Gasteiger partial charge in [0.25, 0.3) is 0 Å². The monoisotopic (exact) mass is 301 g/mol. The summed E-state index contributed by atoms with van der Waals surface area (Å²) in [7, 11) is 1.81. The van der Waals surface area contributed by atoms with Crippen LogP contribution in [-0.4, -0.2) is 39.0 Å². The molecule has 5 heteroatoms. The molecular weight excluding hydrogens is 278 g/mol. The van der Waals surface area contributed by atoms with Gasteiger partial charge in [-0.05, 0) is 43.9 Å². The van der Waals surface area contributed by atoms with E-state index in [9.17, 15) is 9.59 Å². The molecule has 22 heavy (non-hydrogen) atoms. The number of Topliss-reactive ketones (excluding diaryl/α,β-unsaturated/α-hetero) is 1. The number of carbonyl (C=O) groups is 2. The predicted octanol–water partition coefficient (Wildman–Crippen LogP) is 2.03. The van der Waals surface area contributed by atoms with Gasteiger partial charge in [0.05, 0.1) is 11.8 Å². The van der Waals surface area contributed by atoms with Crippen molar-refractivity contribution < 1.29 is 9.59 Å².